The van der Waals surface area contributed by atoms with Crippen molar-refractivity contribution in [3.8, 4) is 56.0 Å². The SMILES string of the molecule is CC(=O)C=C(C)O.CC(=O)C=C(C)O.CC(C)CC(=O)C=C(O)CC(C)C.Cc1[c-]c(-c2cc(CC(C)C)c3cc(-c4ccccc4)ccc3n2)cc(C)c1.Cc1[c-]c(-c2cc(CC(C)C)c3cc(C)ccc3n2)cc(C)c1.Cc1cc(C)cc(-c2ccnc(-c3[c-]cccc3)c2)c1.[Ir].[Ir].[Ir]. The largest absolute Gasteiger partial charge is 0.512 e. The number of aryl methyl sites for hydroxylation is 7. The number of carbonyl (C=O) groups is 3. The second kappa shape index (κ2) is 44.5. The summed E-state index contributed by atoms with van der Waals surface area (Å²) in [5.74, 6) is 2.06. The topological polar surface area (TPSA) is 151 Å². The molecule has 3 radical (unpaired) electrons. The number of nitrogens with zero attached hydrogens (tertiary/aromatic N) is 3. The molecule has 7 aromatic carbocycles. The second-order valence-corrected chi connectivity index (χ2v) is 27.3. The molecule has 3 heterocycles. The van der Waals surface area contributed by atoms with Crippen molar-refractivity contribution in [1.82, 2.24) is 15.0 Å². The summed E-state index contributed by atoms with van der Waals surface area (Å²) in [5.41, 5.74) is 24.7. The van der Waals surface area contributed by atoms with Crippen LogP contribution in [0.3, 0.4) is 0 Å². The van der Waals surface area contributed by atoms with Crippen LogP contribution >= 0.6 is 0 Å². The number of hydrogen-bond donors (Lipinski definition) is 3. The van der Waals surface area contributed by atoms with Crippen molar-refractivity contribution >= 4 is 39.2 Å². The number of aliphatic hydroxyl groups excluding tert-OH is 3. The molecule has 12 heteroatoms. The third-order valence-electron chi connectivity index (χ3n) is 14.8. The van der Waals surface area contributed by atoms with Crippen LogP contribution in [0.4, 0.5) is 0 Å². The third-order valence-corrected chi connectivity index (χ3v) is 14.8. The Morgan fingerprint density at radius 2 is 0.881 bits per heavy atom. The molecule has 9 nitrogen and oxygen atoms in total. The van der Waals surface area contributed by atoms with E-state index >= 15 is 0 Å². The number of ketones is 3. The molecule has 0 unspecified atom stereocenters. The molecular formula is C89H102Ir3N3O6-3. The zero-order valence-electron chi connectivity index (χ0n) is 62.4. The van der Waals surface area contributed by atoms with Crippen LogP contribution in [0.15, 0.2) is 199 Å². The van der Waals surface area contributed by atoms with E-state index in [0.29, 0.717) is 36.5 Å². The van der Waals surface area contributed by atoms with Gasteiger partial charge in [0.2, 0.25) is 0 Å². The predicted molar refractivity (Wildman–Crippen MR) is 410 cm³/mol. The first-order chi connectivity index (χ1) is 46.3. The van der Waals surface area contributed by atoms with Gasteiger partial charge in [-0.3, -0.25) is 24.4 Å². The molecule has 0 fully saturated rings. The molecule has 0 saturated carbocycles. The van der Waals surface area contributed by atoms with E-state index in [9.17, 15) is 19.5 Å². The summed E-state index contributed by atoms with van der Waals surface area (Å²) in [5, 5.41) is 28.6. The average Bonchev–Trinajstić information content (AvgIpc) is 0.790. The van der Waals surface area contributed by atoms with Crippen LogP contribution in [0.1, 0.15) is 146 Å². The number of aliphatic hydroxyl groups is 3. The van der Waals surface area contributed by atoms with Gasteiger partial charge in [0.25, 0.3) is 0 Å². The van der Waals surface area contributed by atoms with Gasteiger partial charge in [-0.2, -0.15) is 0 Å². The van der Waals surface area contributed by atoms with Crippen LogP contribution in [0.2, 0.25) is 0 Å². The maximum atomic E-state index is 11.2. The number of allylic oxidation sites excluding steroid dienone is 6. The van der Waals surface area contributed by atoms with Gasteiger partial charge >= 0.3 is 0 Å². The van der Waals surface area contributed by atoms with E-state index in [1.54, 1.807) is 0 Å². The Bertz CT molecular complexity index is 4300. The Balaban J connectivity index is 0.000000435. The van der Waals surface area contributed by atoms with E-state index < -0.39 is 0 Å². The minimum atomic E-state index is -0.125. The van der Waals surface area contributed by atoms with Gasteiger partial charge in [-0.1, -0.05) is 179 Å². The molecule has 10 rings (SSSR count). The molecule has 101 heavy (non-hydrogen) atoms. The fourth-order valence-corrected chi connectivity index (χ4v) is 11.2. The fourth-order valence-electron chi connectivity index (χ4n) is 11.2. The number of rotatable bonds is 16. The van der Waals surface area contributed by atoms with Gasteiger partial charge in [0, 0.05) is 108 Å². The summed E-state index contributed by atoms with van der Waals surface area (Å²) >= 11 is 0. The molecule has 0 saturated heterocycles. The summed E-state index contributed by atoms with van der Waals surface area (Å²) in [6.07, 6.45) is 8.77. The Morgan fingerprint density at radius 1 is 0.416 bits per heavy atom. The van der Waals surface area contributed by atoms with Crippen molar-refractivity contribution in [2.45, 2.75) is 157 Å². The van der Waals surface area contributed by atoms with Crippen molar-refractivity contribution in [1.29, 1.82) is 0 Å². The van der Waals surface area contributed by atoms with Gasteiger partial charge in [-0.15, -0.1) is 106 Å². The smallest absolute Gasteiger partial charge is 0.159 e. The van der Waals surface area contributed by atoms with Crippen LogP contribution in [0.25, 0.3) is 77.8 Å². The Morgan fingerprint density at radius 3 is 1.32 bits per heavy atom. The van der Waals surface area contributed by atoms with Crippen molar-refractivity contribution < 1.29 is 90.0 Å². The summed E-state index contributed by atoms with van der Waals surface area (Å²) in [6, 6.07) is 65.8. The molecule has 10 aromatic rings. The number of benzene rings is 7. The molecule has 0 atom stereocenters. The van der Waals surface area contributed by atoms with Gasteiger partial charge in [0.05, 0.1) is 28.3 Å². The van der Waals surface area contributed by atoms with Crippen LogP contribution in [0.5, 0.6) is 0 Å². The first-order valence-electron chi connectivity index (χ1n) is 33.9. The monoisotopic (exact) mass is 1890 g/mol. The van der Waals surface area contributed by atoms with Gasteiger partial charge < -0.3 is 20.3 Å². The van der Waals surface area contributed by atoms with Gasteiger partial charge in [-0.25, -0.2) is 0 Å². The zero-order chi connectivity index (χ0) is 72.3. The first kappa shape index (κ1) is 89.2. The van der Waals surface area contributed by atoms with E-state index in [0.717, 1.165) is 68.8 Å². The molecule has 0 spiro atoms. The Kier molecular flexibility index (Phi) is 39.3. The molecule has 3 N–H and O–H groups in total. The maximum Gasteiger partial charge on any atom is 0.159 e. The third kappa shape index (κ3) is 32.3. The van der Waals surface area contributed by atoms with Crippen molar-refractivity contribution in [2.75, 3.05) is 0 Å². The number of fused-ring (bicyclic) bond motifs is 2. The van der Waals surface area contributed by atoms with Gasteiger partial charge in [-0.05, 0) is 166 Å². The number of carbonyl (C=O) groups excluding carboxylic acids is 3. The van der Waals surface area contributed by atoms with Crippen LogP contribution in [-0.2, 0) is 87.5 Å². The second-order valence-electron chi connectivity index (χ2n) is 27.3. The molecule has 3 aromatic heterocycles. The normalized spacial score (nSPS) is 11.0. The molecular weight excluding hydrogens is 1780 g/mol. The minimum absolute atomic E-state index is 0. The van der Waals surface area contributed by atoms with E-state index in [2.05, 4.69) is 233 Å². The maximum absolute atomic E-state index is 11.2. The summed E-state index contributed by atoms with van der Waals surface area (Å²) in [4.78, 5) is 45.6. The number of aromatic nitrogens is 3. The molecule has 0 amide bonds. The number of hydrogen-bond acceptors (Lipinski definition) is 9. The van der Waals surface area contributed by atoms with E-state index in [-0.39, 0.29) is 94.9 Å². The van der Waals surface area contributed by atoms with Gasteiger partial charge in [0.1, 0.15) is 0 Å². The molecule has 0 bridgehead atoms. The zero-order valence-corrected chi connectivity index (χ0v) is 69.6. The van der Waals surface area contributed by atoms with E-state index in [1.807, 2.05) is 58.2 Å². The van der Waals surface area contributed by atoms with Crippen LogP contribution < -0.4 is 0 Å². The quantitative estimate of drug-likeness (QED) is 0.0488. The minimum Gasteiger partial charge on any atom is -0.512 e. The molecule has 0 aliphatic carbocycles. The summed E-state index contributed by atoms with van der Waals surface area (Å²) in [6.45, 7) is 37.6. The molecule has 0 aliphatic rings. The van der Waals surface area contributed by atoms with Gasteiger partial charge in [0.15, 0.2) is 17.3 Å². The van der Waals surface area contributed by atoms with Crippen LogP contribution in [0, 0.1) is 90.3 Å². The predicted octanol–water partition coefficient (Wildman–Crippen LogP) is 23.0. The summed E-state index contributed by atoms with van der Waals surface area (Å²) in [7, 11) is 0. The average molecular weight is 1890 g/mol. The van der Waals surface area contributed by atoms with Crippen molar-refractivity contribution in [3.05, 3.63) is 268 Å². The van der Waals surface area contributed by atoms with Crippen LogP contribution in [-0.4, -0.2) is 47.6 Å². The van der Waals surface area contributed by atoms with E-state index in [1.165, 1.54) is 118 Å². The van der Waals surface area contributed by atoms with E-state index in [4.69, 9.17) is 20.2 Å². The Labute approximate surface area is 643 Å². The standard InChI is InChI=1S/C27H26N.C22H24N.C19H16N.C11H20O2.2C5H8O2.3Ir/c1-18(2)12-23-17-27(24-14-19(3)13-20(4)15-24)28-26-11-10-22(16-25(23)26)21-8-6-5-7-9-21;1-14(2)8-18-13-22(19-10-16(4)9-17(5)11-19)23-21-7-6-15(3)12-20(18)21;1-14-10-15(2)12-18(11-14)17-8-9-20-19(13-17)16-6-4-3-5-7-16;1-8(2)5-10(12)7-11(13)6-9(3)4;2*1-4(6)3-5(2)7;;;/h5-11,13-14,16-18H,12H2,1-4H3;6-7,9-10,12-14H,8H2,1-5H3;3-6,8-13H,1-2H3;7-9,12H,5-6H2,1-4H3;2*3,6H,1-2H3;;;/q3*-1;;;;;;. The first-order valence-corrected chi connectivity index (χ1v) is 33.9. The number of pyridine rings is 3. The fraction of sp³-hybridized carbons (Fsp3) is 0.303. The molecule has 539 valence electrons. The van der Waals surface area contributed by atoms with Crippen molar-refractivity contribution in [3.63, 3.8) is 0 Å². The summed E-state index contributed by atoms with van der Waals surface area (Å²) < 4.78 is 0. The van der Waals surface area contributed by atoms with Crippen molar-refractivity contribution in [2.24, 2.45) is 23.7 Å². The molecule has 0 aliphatic heterocycles. The Hall–Kier alpha value is -7.91.